The molecular weight excluding hydrogens is 366 g/mol. The van der Waals surface area contributed by atoms with Crippen LogP contribution in [-0.2, 0) is 11.4 Å². The number of benzene rings is 3. The molecule has 0 aliphatic rings. The van der Waals surface area contributed by atoms with Crippen LogP contribution in [-0.4, -0.2) is 18.6 Å². The van der Waals surface area contributed by atoms with Gasteiger partial charge in [-0.3, -0.25) is 4.79 Å². The number of amides is 1. The highest BCUT2D eigenvalue weighted by Crippen LogP contribution is 2.27. The zero-order valence-corrected chi connectivity index (χ0v) is 16.6. The molecule has 0 heterocycles. The van der Waals surface area contributed by atoms with E-state index in [1.807, 2.05) is 67.6 Å². The van der Waals surface area contributed by atoms with Gasteiger partial charge < -0.3 is 19.5 Å². The topological polar surface area (TPSA) is 56.8 Å². The summed E-state index contributed by atoms with van der Waals surface area (Å²) in [5.74, 6) is 1.66. The molecule has 3 aromatic carbocycles. The summed E-state index contributed by atoms with van der Waals surface area (Å²) < 4.78 is 17.1. The van der Waals surface area contributed by atoms with Crippen molar-refractivity contribution in [2.45, 2.75) is 26.6 Å². The van der Waals surface area contributed by atoms with E-state index in [1.165, 1.54) is 0 Å². The van der Waals surface area contributed by atoms with Crippen LogP contribution in [0.4, 0.5) is 5.69 Å². The molecule has 3 aromatic rings. The highest BCUT2D eigenvalue weighted by atomic mass is 16.5. The lowest BCUT2D eigenvalue weighted by Crippen LogP contribution is -2.30. The van der Waals surface area contributed by atoms with E-state index in [4.69, 9.17) is 14.2 Å². The zero-order chi connectivity index (χ0) is 20.5. The number of nitrogens with one attached hydrogen (secondary N) is 1. The van der Waals surface area contributed by atoms with Crippen LogP contribution >= 0.6 is 0 Å². The van der Waals surface area contributed by atoms with Crippen molar-refractivity contribution in [3.63, 3.8) is 0 Å². The van der Waals surface area contributed by atoms with E-state index in [-0.39, 0.29) is 5.91 Å². The number of ether oxygens (including phenoxy) is 3. The van der Waals surface area contributed by atoms with Gasteiger partial charge in [0.1, 0.15) is 12.4 Å². The Morgan fingerprint density at radius 3 is 2.21 bits per heavy atom. The second-order valence-electron chi connectivity index (χ2n) is 6.43. The van der Waals surface area contributed by atoms with Crippen molar-refractivity contribution in [1.29, 1.82) is 0 Å². The average molecular weight is 391 g/mol. The molecule has 0 bridgehead atoms. The van der Waals surface area contributed by atoms with Crippen LogP contribution in [0.5, 0.6) is 17.2 Å². The molecule has 29 heavy (non-hydrogen) atoms. The second-order valence-corrected chi connectivity index (χ2v) is 6.43. The van der Waals surface area contributed by atoms with Crippen molar-refractivity contribution in [2.75, 3.05) is 11.9 Å². The Morgan fingerprint density at radius 2 is 1.52 bits per heavy atom. The fraction of sp³-hybridized carbons (Fsp3) is 0.208. The molecule has 0 fully saturated rings. The van der Waals surface area contributed by atoms with Gasteiger partial charge in [-0.05, 0) is 55.8 Å². The minimum atomic E-state index is -0.675. The summed E-state index contributed by atoms with van der Waals surface area (Å²) in [6.07, 6.45) is -0.675. The van der Waals surface area contributed by atoms with Gasteiger partial charge >= 0.3 is 0 Å². The van der Waals surface area contributed by atoms with Gasteiger partial charge in [0, 0.05) is 5.69 Å². The molecular formula is C24H25NO4. The maximum Gasteiger partial charge on any atom is 0.265 e. The Labute approximate surface area is 171 Å². The first-order chi connectivity index (χ1) is 14.2. The van der Waals surface area contributed by atoms with Gasteiger partial charge in [0.15, 0.2) is 17.6 Å². The molecule has 0 spiro atoms. The molecule has 0 aliphatic heterocycles. The largest absolute Gasteiger partial charge is 0.490 e. The quantitative estimate of drug-likeness (QED) is 0.553. The molecule has 0 saturated carbocycles. The van der Waals surface area contributed by atoms with Crippen LogP contribution in [0.25, 0.3) is 0 Å². The first kappa shape index (κ1) is 20.3. The van der Waals surface area contributed by atoms with Crippen LogP contribution in [0.3, 0.4) is 0 Å². The molecule has 1 unspecified atom stereocenters. The minimum Gasteiger partial charge on any atom is -0.490 e. The van der Waals surface area contributed by atoms with Gasteiger partial charge in [-0.15, -0.1) is 0 Å². The van der Waals surface area contributed by atoms with E-state index in [0.29, 0.717) is 30.4 Å². The fourth-order valence-corrected chi connectivity index (χ4v) is 2.69. The van der Waals surface area contributed by atoms with Crippen molar-refractivity contribution in [2.24, 2.45) is 0 Å². The molecule has 1 atom stereocenters. The smallest absolute Gasteiger partial charge is 0.265 e. The van der Waals surface area contributed by atoms with Crippen LogP contribution in [0.15, 0.2) is 78.9 Å². The van der Waals surface area contributed by atoms with Crippen LogP contribution in [0.1, 0.15) is 19.4 Å². The number of rotatable bonds is 9. The number of para-hydroxylation sites is 2. The van der Waals surface area contributed by atoms with Crippen LogP contribution in [0.2, 0.25) is 0 Å². The Kier molecular flexibility index (Phi) is 7.11. The third kappa shape index (κ3) is 6.01. The number of hydrogen-bond acceptors (Lipinski definition) is 4. The molecule has 150 valence electrons. The van der Waals surface area contributed by atoms with Gasteiger partial charge in [-0.1, -0.05) is 42.5 Å². The Hall–Kier alpha value is -3.47. The molecule has 0 radical (unpaired) electrons. The molecule has 0 aliphatic carbocycles. The highest BCUT2D eigenvalue weighted by Gasteiger charge is 2.17. The summed E-state index contributed by atoms with van der Waals surface area (Å²) in [5.41, 5.74) is 1.78. The van der Waals surface area contributed by atoms with Crippen molar-refractivity contribution in [1.82, 2.24) is 0 Å². The van der Waals surface area contributed by atoms with E-state index in [2.05, 4.69) is 5.32 Å². The van der Waals surface area contributed by atoms with Gasteiger partial charge in [-0.25, -0.2) is 0 Å². The van der Waals surface area contributed by atoms with Gasteiger partial charge in [0.05, 0.1) is 6.61 Å². The third-order valence-electron chi connectivity index (χ3n) is 4.19. The second kappa shape index (κ2) is 10.2. The monoisotopic (exact) mass is 391 g/mol. The Morgan fingerprint density at radius 1 is 0.862 bits per heavy atom. The predicted octanol–water partition coefficient (Wildman–Crippen LogP) is 5.07. The van der Waals surface area contributed by atoms with E-state index in [9.17, 15) is 4.79 Å². The molecule has 0 saturated heterocycles. The lowest BCUT2D eigenvalue weighted by atomic mass is 10.2. The molecule has 0 aromatic heterocycles. The zero-order valence-electron chi connectivity index (χ0n) is 16.6. The Balaban J connectivity index is 1.53. The molecule has 5 heteroatoms. The normalized spacial score (nSPS) is 11.4. The van der Waals surface area contributed by atoms with E-state index < -0.39 is 6.10 Å². The maximum absolute atomic E-state index is 12.5. The first-order valence-electron chi connectivity index (χ1n) is 9.62. The summed E-state index contributed by atoms with van der Waals surface area (Å²) in [6, 6.07) is 24.5. The third-order valence-corrected chi connectivity index (χ3v) is 4.19. The number of anilines is 1. The number of carbonyl (C=O) groups excluding carboxylic acids is 1. The highest BCUT2D eigenvalue weighted by molar-refractivity contribution is 5.94. The lowest BCUT2D eigenvalue weighted by molar-refractivity contribution is -0.122. The van der Waals surface area contributed by atoms with Crippen molar-refractivity contribution >= 4 is 11.6 Å². The number of carbonyl (C=O) groups is 1. The number of hydrogen-bond donors (Lipinski definition) is 1. The summed E-state index contributed by atoms with van der Waals surface area (Å²) in [4.78, 5) is 12.5. The van der Waals surface area contributed by atoms with E-state index >= 15 is 0 Å². The molecule has 5 nitrogen and oxygen atoms in total. The van der Waals surface area contributed by atoms with E-state index in [1.54, 1.807) is 25.1 Å². The van der Waals surface area contributed by atoms with Crippen LogP contribution in [0, 0.1) is 0 Å². The molecule has 1 amide bonds. The van der Waals surface area contributed by atoms with Crippen molar-refractivity contribution in [3.05, 3.63) is 84.4 Å². The van der Waals surface area contributed by atoms with E-state index in [0.717, 1.165) is 11.3 Å². The summed E-state index contributed by atoms with van der Waals surface area (Å²) >= 11 is 0. The fourth-order valence-electron chi connectivity index (χ4n) is 2.69. The molecule has 3 rings (SSSR count). The Bertz CT molecular complexity index is 910. The van der Waals surface area contributed by atoms with Gasteiger partial charge in [-0.2, -0.15) is 0 Å². The van der Waals surface area contributed by atoms with Crippen molar-refractivity contribution < 1.29 is 19.0 Å². The molecule has 1 N–H and O–H groups in total. The maximum atomic E-state index is 12.5. The lowest BCUT2D eigenvalue weighted by Gasteiger charge is -2.17. The summed E-state index contributed by atoms with van der Waals surface area (Å²) in [7, 11) is 0. The minimum absolute atomic E-state index is 0.241. The van der Waals surface area contributed by atoms with Gasteiger partial charge in [0.25, 0.3) is 5.91 Å². The predicted molar refractivity (Wildman–Crippen MR) is 114 cm³/mol. The summed E-state index contributed by atoms with van der Waals surface area (Å²) in [6.45, 7) is 4.63. The van der Waals surface area contributed by atoms with Crippen LogP contribution < -0.4 is 19.5 Å². The average Bonchev–Trinajstić information content (AvgIpc) is 2.75. The van der Waals surface area contributed by atoms with Crippen molar-refractivity contribution in [3.8, 4) is 17.2 Å². The SMILES string of the molecule is CCOc1ccccc1OC(C)C(=O)Nc1ccc(OCc2ccccc2)cc1. The first-order valence-corrected chi connectivity index (χ1v) is 9.62. The summed E-state index contributed by atoms with van der Waals surface area (Å²) in [5, 5.41) is 2.85. The standard InChI is InChI=1S/C24H25NO4/c1-3-27-22-11-7-8-12-23(22)29-18(2)24(26)25-20-13-15-21(16-14-20)28-17-19-9-5-4-6-10-19/h4-16,18H,3,17H2,1-2H3,(H,25,26). The van der Waals surface area contributed by atoms with Gasteiger partial charge in [0.2, 0.25) is 0 Å².